The highest BCUT2D eigenvalue weighted by Crippen LogP contribution is 2.47. The van der Waals surface area contributed by atoms with Gasteiger partial charge in [-0.1, -0.05) is 31.9 Å². The van der Waals surface area contributed by atoms with Gasteiger partial charge in [0, 0.05) is 0 Å². The Balaban J connectivity index is 1.91. The van der Waals surface area contributed by atoms with E-state index in [9.17, 15) is 4.79 Å². The molecule has 0 amide bonds. The third kappa shape index (κ3) is 0.908. The fraction of sp³-hybridized carbons (Fsp3) is 0.857. The Bertz CT molecular complexity index is 233. The molecule has 2 aliphatic heterocycles. The van der Waals surface area contributed by atoms with E-state index in [-0.39, 0.29) is 39.9 Å². The monoisotopic (exact) mass is 296 g/mol. The van der Waals surface area contributed by atoms with Crippen LogP contribution in [0.2, 0.25) is 0 Å². The van der Waals surface area contributed by atoms with E-state index in [4.69, 9.17) is 9.47 Å². The third-order valence-electron chi connectivity index (χ3n) is 2.54. The van der Waals surface area contributed by atoms with Crippen molar-refractivity contribution in [2.45, 2.75) is 34.1 Å². The minimum Gasteiger partial charge on any atom is -0.360 e. The molecule has 6 atom stereocenters. The number of fused-ring (bicyclic) bond motifs is 2. The number of Topliss-reactive ketones (excluding diaryl/α,β-unsaturated/α-hetero) is 1. The zero-order valence-corrected chi connectivity index (χ0v) is 9.12. The second-order valence-electron chi connectivity index (χ2n) is 3.33. The summed E-state index contributed by atoms with van der Waals surface area (Å²) in [6, 6.07) is 0. The van der Waals surface area contributed by atoms with Crippen LogP contribution in [0.4, 0.5) is 0 Å². The average Bonchev–Trinajstić information content (AvgIpc) is 2.91. The lowest BCUT2D eigenvalue weighted by Gasteiger charge is -2.10. The number of epoxide rings is 2. The maximum Gasteiger partial charge on any atom is 0.195 e. The van der Waals surface area contributed by atoms with Gasteiger partial charge in [-0.05, 0) is 0 Å². The summed E-state index contributed by atoms with van der Waals surface area (Å²) in [5.41, 5.74) is 0. The van der Waals surface area contributed by atoms with Gasteiger partial charge in [0.25, 0.3) is 0 Å². The number of rotatable bonds is 0. The molecule has 0 bridgehead atoms. The van der Waals surface area contributed by atoms with E-state index in [0.29, 0.717) is 0 Å². The summed E-state index contributed by atoms with van der Waals surface area (Å²) in [6.45, 7) is 0. The summed E-state index contributed by atoms with van der Waals surface area (Å²) >= 11 is 7.00. The molecule has 1 aliphatic carbocycles. The summed E-state index contributed by atoms with van der Waals surface area (Å²) in [5, 5.41) is 0. The van der Waals surface area contributed by atoms with Crippen molar-refractivity contribution < 1.29 is 14.3 Å². The molecular weight excluding hydrogens is 292 g/mol. The van der Waals surface area contributed by atoms with Crippen LogP contribution in [0, 0.1) is 0 Å². The predicted octanol–water partition coefficient (Wildman–Crippen LogP) is 0.631. The van der Waals surface area contributed by atoms with Crippen LogP contribution in [0.5, 0.6) is 0 Å². The van der Waals surface area contributed by atoms with Crippen LogP contribution >= 0.6 is 31.9 Å². The lowest BCUT2D eigenvalue weighted by Crippen LogP contribution is -2.24. The van der Waals surface area contributed by atoms with Crippen LogP contribution in [-0.4, -0.2) is 39.9 Å². The number of ether oxygens (including phenoxy) is 2. The van der Waals surface area contributed by atoms with E-state index in [1.54, 1.807) is 0 Å². The van der Waals surface area contributed by atoms with E-state index in [1.807, 2.05) is 0 Å². The van der Waals surface area contributed by atoms with Gasteiger partial charge in [-0.2, -0.15) is 0 Å². The topological polar surface area (TPSA) is 42.1 Å². The largest absolute Gasteiger partial charge is 0.360 e. The Kier molecular flexibility index (Phi) is 1.53. The van der Waals surface area contributed by atoms with E-state index in [0.717, 1.165) is 0 Å². The normalized spacial score (nSPS) is 61.7. The second kappa shape index (κ2) is 2.32. The minimum absolute atomic E-state index is 0.0678. The summed E-state index contributed by atoms with van der Waals surface area (Å²) in [5.74, 6) is 0.122. The van der Waals surface area contributed by atoms with Crippen LogP contribution < -0.4 is 0 Å². The number of hydrogen-bond donors (Lipinski definition) is 0. The van der Waals surface area contributed by atoms with Gasteiger partial charge in [0.05, 0.1) is 9.65 Å². The molecule has 0 spiro atoms. The Morgan fingerprint density at radius 2 is 1.42 bits per heavy atom. The summed E-state index contributed by atoms with van der Waals surface area (Å²) in [4.78, 5) is 11.8. The van der Waals surface area contributed by atoms with Crippen molar-refractivity contribution in [1.29, 1.82) is 0 Å². The fourth-order valence-electron chi connectivity index (χ4n) is 1.71. The Morgan fingerprint density at radius 1 is 1.00 bits per heavy atom. The fourth-order valence-corrected chi connectivity index (χ4v) is 3.12. The molecule has 0 radical (unpaired) electrons. The van der Waals surface area contributed by atoms with E-state index >= 15 is 0 Å². The molecule has 66 valence electrons. The molecule has 0 unspecified atom stereocenters. The summed E-state index contributed by atoms with van der Waals surface area (Å²) in [6.07, 6.45) is -0.268. The first-order chi connectivity index (χ1) is 5.70. The molecule has 5 heteroatoms. The maximum absolute atomic E-state index is 11.4. The van der Waals surface area contributed by atoms with Gasteiger partial charge in [0.15, 0.2) is 5.78 Å². The van der Waals surface area contributed by atoms with Crippen molar-refractivity contribution in [3.63, 3.8) is 0 Å². The maximum atomic E-state index is 11.4. The number of halogens is 2. The lowest BCUT2D eigenvalue weighted by atomic mass is 10.2. The van der Waals surface area contributed by atoms with Gasteiger partial charge in [0.2, 0.25) is 0 Å². The zero-order valence-electron chi connectivity index (χ0n) is 5.94. The highest BCUT2D eigenvalue weighted by Gasteiger charge is 2.65. The van der Waals surface area contributed by atoms with Crippen LogP contribution in [-0.2, 0) is 14.3 Å². The van der Waals surface area contributed by atoms with Crippen LogP contribution in [0.25, 0.3) is 0 Å². The lowest BCUT2D eigenvalue weighted by molar-refractivity contribution is -0.121. The molecule has 3 fully saturated rings. The average molecular weight is 298 g/mol. The smallest absolute Gasteiger partial charge is 0.195 e. The highest BCUT2D eigenvalue weighted by atomic mass is 79.9. The zero-order chi connectivity index (χ0) is 8.46. The molecule has 0 aromatic carbocycles. The number of ketones is 1. The molecule has 1 saturated carbocycles. The molecule has 3 aliphatic rings. The Labute approximate surface area is 86.0 Å². The van der Waals surface area contributed by atoms with Gasteiger partial charge in [-0.25, -0.2) is 0 Å². The number of carbonyl (C=O) groups is 1. The molecule has 3 rings (SSSR count). The van der Waals surface area contributed by atoms with Gasteiger partial charge in [-0.15, -0.1) is 0 Å². The van der Waals surface area contributed by atoms with E-state index in [1.165, 1.54) is 0 Å². The first kappa shape index (κ1) is 7.91. The van der Waals surface area contributed by atoms with Crippen LogP contribution in [0.3, 0.4) is 0 Å². The molecule has 0 aromatic rings. The van der Waals surface area contributed by atoms with E-state index in [2.05, 4.69) is 31.9 Å². The van der Waals surface area contributed by atoms with Crippen LogP contribution in [0.1, 0.15) is 0 Å². The predicted molar refractivity (Wildman–Crippen MR) is 47.8 cm³/mol. The first-order valence-corrected chi connectivity index (χ1v) is 5.66. The molecule has 12 heavy (non-hydrogen) atoms. The minimum atomic E-state index is -0.202. The van der Waals surface area contributed by atoms with Gasteiger partial charge in [0.1, 0.15) is 24.4 Å². The van der Waals surface area contributed by atoms with Gasteiger partial charge in [-0.3, -0.25) is 4.79 Å². The highest BCUT2D eigenvalue weighted by molar-refractivity contribution is 9.12. The molecule has 0 N–H and O–H groups in total. The molecule has 2 saturated heterocycles. The van der Waals surface area contributed by atoms with Crippen molar-refractivity contribution in [2.75, 3.05) is 0 Å². The first-order valence-electron chi connectivity index (χ1n) is 3.83. The van der Waals surface area contributed by atoms with Crippen LogP contribution in [0.15, 0.2) is 0 Å². The van der Waals surface area contributed by atoms with Crippen molar-refractivity contribution in [3.05, 3.63) is 0 Å². The van der Waals surface area contributed by atoms with Crippen molar-refractivity contribution in [1.82, 2.24) is 0 Å². The molecule has 0 aromatic heterocycles. The third-order valence-corrected chi connectivity index (χ3v) is 5.43. The van der Waals surface area contributed by atoms with Crippen molar-refractivity contribution in [2.24, 2.45) is 0 Å². The Hall–Kier alpha value is 0.550. The number of alkyl halides is 2. The SMILES string of the molecule is O=C1[C@H]2O[C@H]2[C@@H](Br)[C@H](Br)[C@H]2O[C@@H]12. The Morgan fingerprint density at radius 3 is 1.83 bits per heavy atom. The van der Waals surface area contributed by atoms with E-state index < -0.39 is 0 Å². The standard InChI is InChI=1S/C7H6Br2O3/c8-1-2(9)5-7(12-5)3(10)6-4(1)11-6/h1-2,4-7H/t1-,2-,4-,5+,6+,7-/m0/s1. The molecule has 3 nitrogen and oxygen atoms in total. The second-order valence-corrected chi connectivity index (χ2v) is 5.45. The summed E-state index contributed by atoms with van der Waals surface area (Å²) in [7, 11) is 0. The van der Waals surface area contributed by atoms with Crippen molar-refractivity contribution in [3.8, 4) is 0 Å². The van der Waals surface area contributed by atoms with Crippen molar-refractivity contribution >= 4 is 37.6 Å². The molecule has 2 heterocycles. The van der Waals surface area contributed by atoms with Gasteiger partial charge >= 0.3 is 0 Å². The number of carbonyl (C=O) groups excluding carboxylic acids is 1. The summed E-state index contributed by atoms with van der Waals surface area (Å²) < 4.78 is 10.5. The van der Waals surface area contributed by atoms with Gasteiger partial charge < -0.3 is 9.47 Å². The molecular formula is C7H6Br2O3. The quantitative estimate of drug-likeness (QED) is 0.486. The number of hydrogen-bond acceptors (Lipinski definition) is 3.